The molecule has 8 nitrogen and oxygen atoms in total. The SMILES string of the molecule is COc1ccc(N(Cc2cccnc2)C2CCN(C(=O)OC(C)(C)C)CC2)cc1OC1CCOC1. The van der Waals surface area contributed by atoms with Crippen molar-refractivity contribution in [1.29, 1.82) is 0 Å². The minimum Gasteiger partial charge on any atom is -0.493 e. The van der Waals surface area contributed by atoms with Crippen LogP contribution in [0.15, 0.2) is 42.7 Å². The molecule has 2 aliphatic rings. The first kappa shape index (κ1) is 25.1. The monoisotopic (exact) mass is 483 g/mol. The molecule has 1 unspecified atom stereocenters. The zero-order valence-electron chi connectivity index (χ0n) is 21.2. The first-order chi connectivity index (χ1) is 16.8. The Balaban J connectivity index is 1.54. The molecule has 0 saturated carbocycles. The number of ether oxygens (including phenoxy) is 4. The number of aromatic nitrogens is 1. The van der Waals surface area contributed by atoms with E-state index in [9.17, 15) is 4.79 Å². The summed E-state index contributed by atoms with van der Waals surface area (Å²) in [7, 11) is 1.66. The zero-order chi connectivity index (χ0) is 24.8. The number of pyridine rings is 1. The summed E-state index contributed by atoms with van der Waals surface area (Å²) in [5.41, 5.74) is 1.69. The van der Waals surface area contributed by atoms with E-state index in [4.69, 9.17) is 18.9 Å². The van der Waals surface area contributed by atoms with Crippen molar-refractivity contribution in [2.24, 2.45) is 0 Å². The second-order valence-electron chi connectivity index (χ2n) is 10.1. The molecule has 3 heterocycles. The highest BCUT2D eigenvalue weighted by molar-refractivity contribution is 5.68. The van der Waals surface area contributed by atoms with Crippen molar-refractivity contribution in [2.45, 2.75) is 64.3 Å². The van der Waals surface area contributed by atoms with Crippen molar-refractivity contribution < 1.29 is 23.7 Å². The lowest BCUT2D eigenvalue weighted by molar-refractivity contribution is 0.0204. The third-order valence-electron chi connectivity index (χ3n) is 6.29. The average Bonchev–Trinajstić information content (AvgIpc) is 3.35. The Labute approximate surface area is 208 Å². The molecule has 1 atom stereocenters. The van der Waals surface area contributed by atoms with Gasteiger partial charge in [0.1, 0.15) is 11.7 Å². The Hall–Kier alpha value is -3.00. The van der Waals surface area contributed by atoms with Gasteiger partial charge in [0.25, 0.3) is 0 Å². The van der Waals surface area contributed by atoms with E-state index >= 15 is 0 Å². The number of anilines is 1. The highest BCUT2D eigenvalue weighted by Crippen LogP contribution is 2.36. The van der Waals surface area contributed by atoms with Crippen LogP contribution in [0.3, 0.4) is 0 Å². The van der Waals surface area contributed by atoms with Gasteiger partial charge >= 0.3 is 6.09 Å². The summed E-state index contributed by atoms with van der Waals surface area (Å²) in [6, 6.07) is 10.4. The highest BCUT2D eigenvalue weighted by atomic mass is 16.6. The lowest BCUT2D eigenvalue weighted by Gasteiger charge is -2.40. The fourth-order valence-corrected chi connectivity index (χ4v) is 4.53. The van der Waals surface area contributed by atoms with Crippen LogP contribution in [0.4, 0.5) is 10.5 Å². The molecule has 2 saturated heterocycles. The Morgan fingerprint density at radius 1 is 1.17 bits per heavy atom. The lowest BCUT2D eigenvalue weighted by atomic mass is 10.0. The van der Waals surface area contributed by atoms with Gasteiger partial charge in [0, 0.05) is 56.2 Å². The van der Waals surface area contributed by atoms with Gasteiger partial charge < -0.3 is 28.7 Å². The number of piperidine rings is 1. The number of amides is 1. The number of likely N-dealkylation sites (tertiary alicyclic amines) is 1. The van der Waals surface area contributed by atoms with Crippen molar-refractivity contribution in [3.05, 3.63) is 48.3 Å². The normalized spacial score (nSPS) is 18.9. The first-order valence-electron chi connectivity index (χ1n) is 12.4. The third-order valence-corrected chi connectivity index (χ3v) is 6.29. The number of rotatable bonds is 7. The maximum Gasteiger partial charge on any atom is 0.410 e. The third kappa shape index (κ3) is 6.78. The van der Waals surface area contributed by atoms with E-state index in [0.29, 0.717) is 32.0 Å². The van der Waals surface area contributed by atoms with E-state index in [2.05, 4.69) is 28.1 Å². The van der Waals surface area contributed by atoms with E-state index in [1.54, 1.807) is 13.3 Å². The van der Waals surface area contributed by atoms with E-state index in [1.165, 1.54) is 0 Å². The van der Waals surface area contributed by atoms with Crippen molar-refractivity contribution >= 4 is 11.8 Å². The van der Waals surface area contributed by atoms with Crippen LogP contribution in [-0.4, -0.2) is 67.1 Å². The maximum atomic E-state index is 12.6. The van der Waals surface area contributed by atoms with Gasteiger partial charge in [-0.3, -0.25) is 4.98 Å². The first-order valence-corrected chi connectivity index (χ1v) is 12.4. The van der Waals surface area contributed by atoms with Gasteiger partial charge in [-0.1, -0.05) is 6.07 Å². The summed E-state index contributed by atoms with van der Waals surface area (Å²) in [4.78, 5) is 21.1. The van der Waals surface area contributed by atoms with Crippen LogP contribution in [0.1, 0.15) is 45.6 Å². The molecular weight excluding hydrogens is 446 g/mol. The fraction of sp³-hybridized carbons (Fsp3) is 0.556. The van der Waals surface area contributed by atoms with Crippen LogP contribution in [-0.2, 0) is 16.0 Å². The number of carbonyl (C=O) groups excluding carboxylic acids is 1. The minimum absolute atomic E-state index is 0.0305. The van der Waals surface area contributed by atoms with Crippen molar-refractivity contribution in [3.63, 3.8) is 0 Å². The number of benzene rings is 1. The lowest BCUT2D eigenvalue weighted by Crippen LogP contribution is -2.48. The van der Waals surface area contributed by atoms with Crippen LogP contribution in [0.25, 0.3) is 0 Å². The second kappa shape index (κ2) is 11.2. The van der Waals surface area contributed by atoms with Gasteiger partial charge in [0.05, 0.1) is 20.3 Å². The molecule has 0 bridgehead atoms. The molecule has 0 spiro atoms. The predicted molar refractivity (Wildman–Crippen MR) is 134 cm³/mol. The molecule has 0 aliphatic carbocycles. The molecule has 1 aromatic carbocycles. The molecule has 35 heavy (non-hydrogen) atoms. The molecule has 1 aromatic heterocycles. The molecule has 4 rings (SSSR count). The van der Waals surface area contributed by atoms with E-state index in [1.807, 2.05) is 44.0 Å². The summed E-state index contributed by atoms with van der Waals surface area (Å²) in [5.74, 6) is 1.43. The van der Waals surface area contributed by atoms with Crippen LogP contribution >= 0.6 is 0 Å². The summed E-state index contributed by atoms with van der Waals surface area (Å²) in [6.45, 7) is 9.02. The number of nitrogens with zero attached hydrogens (tertiary/aromatic N) is 3. The molecule has 0 radical (unpaired) electrons. The summed E-state index contributed by atoms with van der Waals surface area (Å²) >= 11 is 0. The Bertz CT molecular complexity index is 965. The largest absolute Gasteiger partial charge is 0.493 e. The van der Waals surface area contributed by atoms with Gasteiger partial charge in [0.2, 0.25) is 0 Å². The van der Waals surface area contributed by atoms with Crippen molar-refractivity contribution in [3.8, 4) is 11.5 Å². The molecule has 8 heteroatoms. The Kier molecular flexibility index (Phi) is 8.00. The van der Waals surface area contributed by atoms with Gasteiger partial charge in [-0.15, -0.1) is 0 Å². The second-order valence-corrected chi connectivity index (χ2v) is 10.1. The van der Waals surface area contributed by atoms with Gasteiger partial charge in [-0.05, 0) is 57.4 Å². The van der Waals surface area contributed by atoms with E-state index in [0.717, 1.165) is 42.9 Å². The van der Waals surface area contributed by atoms with Gasteiger partial charge in [0.15, 0.2) is 11.5 Å². The van der Waals surface area contributed by atoms with Gasteiger partial charge in [-0.25, -0.2) is 4.79 Å². The number of methoxy groups -OCH3 is 1. The Morgan fingerprint density at radius 3 is 2.60 bits per heavy atom. The summed E-state index contributed by atoms with van der Waals surface area (Å²) < 4.78 is 22.9. The van der Waals surface area contributed by atoms with Crippen molar-refractivity contribution in [2.75, 3.05) is 38.3 Å². The van der Waals surface area contributed by atoms with E-state index in [-0.39, 0.29) is 18.2 Å². The fourth-order valence-electron chi connectivity index (χ4n) is 4.53. The minimum atomic E-state index is -0.496. The van der Waals surface area contributed by atoms with Gasteiger partial charge in [-0.2, -0.15) is 0 Å². The summed E-state index contributed by atoms with van der Waals surface area (Å²) in [6.07, 6.45) is 6.04. The highest BCUT2D eigenvalue weighted by Gasteiger charge is 2.30. The molecule has 190 valence electrons. The molecular formula is C27H37N3O5. The molecule has 2 aromatic rings. The van der Waals surface area contributed by atoms with E-state index < -0.39 is 5.60 Å². The summed E-state index contributed by atoms with van der Waals surface area (Å²) in [5, 5.41) is 0. The smallest absolute Gasteiger partial charge is 0.410 e. The molecule has 2 aliphatic heterocycles. The molecule has 0 N–H and O–H groups in total. The Morgan fingerprint density at radius 2 is 1.97 bits per heavy atom. The van der Waals surface area contributed by atoms with Crippen LogP contribution in [0, 0.1) is 0 Å². The van der Waals surface area contributed by atoms with Crippen LogP contribution < -0.4 is 14.4 Å². The zero-order valence-corrected chi connectivity index (χ0v) is 21.2. The maximum absolute atomic E-state index is 12.6. The van der Waals surface area contributed by atoms with Crippen LogP contribution in [0.2, 0.25) is 0 Å². The molecule has 2 fully saturated rings. The van der Waals surface area contributed by atoms with Crippen LogP contribution in [0.5, 0.6) is 11.5 Å². The predicted octanol–water partition coefficient (Wildman–Crippen LogP) is 4.66. The quantitative estimate of drug-likeness (QED) is 0.567. The molecule has 1 amide bonds. The average molecular weight is 484 g/mol. The standard InChI is InChI=1S/C27H37N3O5/c1-27(2,3)35-26(31)29-13-9-21(10-14-29)30(18-20-6-5-12-28-17-20)22-7-8-24(32-4)25(16-22)34-23-11-15-33-19-23/h5-8,12,16-17,21,23H,9-11,13-15,18-19H2,1-4H3. The number of hydrogen-bond acceptors (Lipinski definition) is 7. The van der Waals surface area contributed by atoms with Crippen molar-refractivity contribution in [1.82, 2.24) is 9.88 Å². The number of hydrogen-bond donors (Lipinski definition) is 0. The number of carbonyl (C=O) groups is 1. The topological polar surface area (TPSA) is 73.4 Å².